The summed E-state index contributed by atoms with van der Waals surface area (Å²) in [4.78, 5) is 4.52. The molecule has 0 bridgehead atoms. The van der Waals surface area contributed by atoms with Crippen molar-refractivity contribution in [2.75, 3.05) is 6.54 Å². The van der Waals surface area contributed by atoms with Crippen LogP contribution in [0.5, 0.6) is 0 Å². The van der Waals surface area contributed by atoms with Gasteiger partial charge in [-0.2, -0.15) is 0 Å². The van der Waals surface area contributed by atoms with E-state index in [1.165, 1.54) is 5.56 Å². The van der Waals surface area contributed by atoms with Crippen LogP contribution in [0.4, 0.5) is 0 Å². The molecule has 0 atom stereocenters. The van der Waals surface area contributed by atoms with E-state index in [0.717, 1.165) is 36.6 Å². The zero-order chi connectivity index (χ0) is 12.1. The van der Waals surface area contributed by atoms with Crippen molar-refractivity contribution >= 4 is 0 Å². The van der Waals surface area contributed by atoms with E-state index in [-0.39, 0.29) is 0 Å². The first-order chi connectivity index (χ1) is 8.29. The van der Waals surface area contributed by atoms with Gasteiger partial charge in [-0.3, -0.25) is 0 Å². The average Bonchev–Trinajstić information content (AvgIpc) is 2.69. The van der Waals surface area contributed by atoms with E-state index < -0.39 is 0 Å². The number of benzene rings is 1. The van der Waals surface area contributed by atoms with Crippen LogP contribution in [0.25, 0.3) is 0 Å². The molecule has 0 saturated carbocycles. The minimum absolute atomic E-state index is 0.676. The second kappa shape index (κ2) is 5.64. The van der Waals surface area contributed by atoms with Crippen LogP contribution in [0.15, 0.2) is 34.7 Å². The Morgan fingerprint density at radius 3 is 2.71 bits per heavy atom. The van der Waals surface area contributed by atoms with Gasteiger partial charge >= 0.3 is 0 Å². The van der Waals surface area contributed by atoms with Crippen LogP contribution in [-0.2, 0) is 12.8 Å². The van der Waals surface area contributed by atoms with Gasteiger partial charge in [-0.25, -0.2) is 4.98 Å². The lowest BCUT2D eigenvalue weighted by atomic mass is 10.1. The predicted molar refractivity (Wildman–Crippen MR) is 67.9 cm³/mol. The number of oxazole rings is 1. The molecule has 0 fully saturated rings. The number of aromatic nitrogens is 1. The highest BCUT2D eigenvalue weighted by Crippen LogP contribution is 2.15. The lowest BCUT2D eigenvalue weighted by Crippen LogP contribution is -2.00. The number of nitrogens with zero attached hydrogens (tertiary/aromatic N) is 1. The Morgan fingerprint density at radius 2 is 2.00 bits per heavy atom. The van der Waals surface area contributed by atoms with E-state index in [0.29, 0.717) is 6.54 Å². The smallest absolute Gasteiger partial charge is 0.194 e. The molecule has 1 aromatic heterocycles. The van der Waals surface area contributed by atoms with E-state index in [4.69, 9.17) is 10.2 Å². The molecule has 0 amide bonds. The maximum atomic E-state index is 5.62. The first-order valence-electron chi connectivity index (χ1n) is 5.99. The van der Waals surface area contributed by atoms with Gasteiger partial charge in [0.15, 0.2) is 5.89 Å². The summed E-state index contributed by atoms with van der Waals surface area (Å²) in [6.07, 6.45) is 2.58. The molecule has 0 aliphatic rings. The quantitative estimate of drug-likeness (QED) is 0.858. The van der Waals surface area contributed by atoms with E-state index >= 15 is 0 Å². The topological polar surface area (TPSA) is 52.0 Å². The molecule has 2 rings (SSSR count). The molecule has 1 heterocycles. The molecular formula is C14H18N2O. The van der Waals surface area contributed by atoms with Crippen molar-refractivity contribution in [1.29, 1.82) is 0 Å². The number of nitrogens with two attached hydrogens (primary N) is 1. The first kappa shape index (κ1) is 11.9. The van der Waals surface area contributed by atoms with Crippen molar-refractivity contribution in [3.8, 4) is 0 Å². The molecular weight excluding hydrogens is 212 g/mol. The van der Waals surface area contributed by atoms with Crippen LogP contribution < -0.4 is 5.73 Å². The summed E-state index contributed by atoms with van der Waals surface area (Å²) in [7, 11) is 0. The fourth-order valence-electron chi connectivity index (χ4n) is 1.80. The van der Waals surface area contributed by atoms with Gasteiger partial charge in [-0.05, 0) is 25.5 Å². The van der Waals surface area contributed by atoms with Crippen molar-refractivity contribution in [2.24, 2.45) is 5.73 Å². The van der Waals surface area contributed by atoms with Crippen LogP contribution in [0, 0.1) is 6.92 Å². The lowest BCUT2D eigenvalue weighted by Gasteiger charge is -1.97. The monoisotopic (exact) mass is 230 g/mol. The molecule has 0 radical (unpaired) electrons. The highest BCUT2D eigenvalue weighted by molar-refractivity contribution is 5.23. The molecule has 0 aliphatic heterocycles. The van der Waals surface area contributed by atoms with Crippen molar-refractivity contribution in [2.45, 2.75) is 26.2 Å². The lowest BCUT2D eigenvalue weighted by molar-refractivity contribution is 0.465. The fraction of sp³-hybridized carbons (Fsp3) is 0.357. The molecule has 0 spiro atoms. The third-order valence-electron chi connectivity index (χ3n) is 2.75. The molecule has 2 aromatic rings. The third-order valence-corrected chi connectivity index (χ3v) is 2.75. The molecule has 3 nitrogen and oxygen atoms in total. The molecule has 0 saturated heterocycles. The summed E-state index contributed by atoms with van der Waals surface area (Å²) < 4.78 is 5.62. The van der Waals surface area contributed by atoms with Crippen molar-refractivity contribution < 1.29 is 4.42 Å². The first-order valence-corrected chi connectivity index (χ1v) is 5.99. The standard InChI is InChI=1S/C14H18N2O/c1-11-13(10-12-6-3-2-4-7-12)16-14(17-11)8-5-9-15/h2-4,6-7H,5,8-10,15H2,1H3. The second-order valence-corrected chi connectivity index (χ2v) is 4.17. The Balaban J connectivity index is 2.08. The van der Waals surface area contributed by atoms with Gasteiger partial charge in [0.05, 0.1) is 5.69 Å². The van der Waals surface area contributed by atoms with Crippen LogP contribution in [0.2, 0.25) is 0 Å². The van der Waals surface area contributed by atoms with Crippen molar-refractivity contribution in [1.82, 2.24) is 4.98 Å². The van der Waals surface area contributed by atoms with Crippen LogP contribution in [0.1, 0.15) is 29.3 Å². The summed E-state index contributed by atoms with van der Waals surface area (Å²) in [6, 6.07) is 10.3. The maximum Gasteiger partial charge on any atom is 0.194 e. The summed E-state index contributed by atoms with van der Waals surface area (Å²) >= 11 is 0. The number of hydrogen-bond acceptors (Lipinski definition) is 3. The van der Waals surface area contributed by atoms with E-state index in [2.05, 4.69) is 17.1 Å². The Morgan fingerprint density at radius 1 is 1.24 bits per heavy atom. The van der Waals surface area contributed by atoms with E-state index in [9.17, 15) is 0 Å². The summed E-state index contributed by atoms with van der Waals surface area (Å²) in [5, 5.41) is 0. The van der Waals surface area contributed by atoms with E-state index in [1.54, 1.807) is 0 Å². The van der Waals surface area contributed by atoms with Gasteiger partial charge in [0, 0.05) is 12.8 Å². The van der Waals surface area contributed by atoms with Crippen molar-refractivity contribution in [3.05, 3.63) is 53.2 Å². The molecule has 90 valence electrons. The Kier molecular flexibility index (Phi) is 3.94. The van der Waals surface area contributed by atoms with Gasteiger partial charge in [0.1, 0.15) is 5.76 Å². The molecule has 0 unspecified atom stereocenters. The van der Waals surface area contributed by atoms with Crippen LogP contribution >= 0.6 is 0 Å². The van der Waals surface area contributed by atoms with Gasteiger partial charge < -0.3 is 10.2 Å². The largest absolute Gasteiger partial charge is 0.446 e. The number of rotatable bonds is 5. The van der Waals surface area contributed by atoms with Crippen LogP contribution in [0.3, 0.4) is 0 Å². The minimum Gasteiger partial charge on any atom is -0.446 e. The highest BCUT2D eigenvalue weighted by atomic mass is 16.4. The van der Waals surface area contributed by atoms with Crippen molar-refractivity contribution in [3.63, 3.8) is 0 Å². The maximum absolute atomic E-state index is 5.62. The molecule has 1 aromatic carbocycles. The minimum atomic E-state index is 0.676. The van der Waals surface area contributed by atoms with Gasteiger partial charge in [0.25, 0.3) is 0 Å². The normalized spacial score (nSPS) is 10.7. The summed E-state index contributed by atoms with van der Waals surface area (Å²) in [6.45, 7) is 2.65. The molecule has 3 heteroatoms. The molecule has 0 aliphatic carbocycles. The summed E-state index contributed by atoms with van der Waals surface area (Å²) in [5.74, 6) is 1.72. The highest BCUT2D eigenvalue weighted by Gasteiger charge is 2.09. The zero-order valence-electron chi connectivity index (χ0n) is 10.1. The molecule has 2 N–H and O–H groups in total. The SMILES string of the molecule is Cc1oc(CCCN)nc1Cc1ccccc1. The fourth-order valence-corrected chi connectivity index (χ4v) is 1.80. The average molecular weight is 230 g/mol. The number of aryl methyl sites for hydroxylation is 2. The third kappa shape index (κ3) is 3.17. The van der Waals surface area contributed by atoms with Gasteiger partial charge in [0.2, 0.25) is 0 Å². The number of hydrogen-bond donors (Lipinski definition) is 1. The predicted octanol–water partition coefficient (Wildman–Crippen LogP) is 2.47. The van der Waals surface area contributed by atoms with E-state index in [1.807, 2.05) is 25.1 Å². The zero-order valence-corrected chi connectivity index (χ0v) is 10.1. The van der Waals surface area contributed by atoms with Gasteiger partial charge in [-0.15, -0.1) is 0 Å². The van der Waals surface area contributed by atoms with Gasteiger partial charge in [-0.1, -0.05) is 30.3 Å². The Hall–Kier alpha value is -1.61. The second-order valence-electron chi connectivity index (χ2n) is 4.17. The molecule has 17 heavy (non-hydrogen) atoms. The summed E-state index contributed by atoms with van der Waals surface area (Å²) in [5.41, 5.74) is 7.76. The van der Waals surface area contributed by atoms with Crippen LogP contribution in [-0.4, -0.2) is 11.5 Å². The Bertz CT molecular complexity index is 462. The Labute approximate surface area is 102 Å².